The Kier molecular flexibility index (Phi) is 9.06. The average Bonchev–Trinajstić information content (AvgIpc) is 2.15. The van der Waals surface area contributed by atoms with Gasteiger partial charge in [0.2, 0.25) is 0 Å². The highest BCUT2D eigenvalue weighted by Gasteiger charge is 2.12. The van der Waals surface area contributed by atoms with Crippen molar-refractivity contribution < 1.29 is 4.74 Å². The highest BCUT2D eigenvalue weighted by atomic mass is 16.5. The van der Waals surface area contributed by atoms with Gasteiger partial charge in [0.1, 0.15) is 0 Å². The number of rotatable bonds is 9. The summed E-state index contributed by atoms with van der Waals surface area (Å²) in [5.41, 5.74) is 5.41. The molecule has 0 saturated carbocycles. The Morgan fingerprint density at radius 2 is 1.60 bits per heavy atom. The van der Waals surface area contributed by atoms with Crippen molar-refractivity contribution in [3.63, 3.8) is 0 Å². The monoisotopic (exact) mass is 216 g/mol. The lowest BCUT2D eigenvalue weighted by Gasteiger charge is -2.30. The second-order valence-electron chi connectivity index (χ2n) is 4.53. The third-order valence-corrected chi connectivity index (χ3v) is 2.56. The van der Waals surface area contributed by atoms with Gasteiger partial charge in [-0.05, 0) is 47.1 Å². The van der Waals surface area contributed by atoms with Gasteiger partial charge < -0.3 is 10.5 Å². The zero-order valence-electron chi connectivity index (χ0n) is 10.8. The SMILES string of the molecule is CC(C)N(CCOCCCCN)C(C)C. The molecule has 0 heterocycles. The van der Waals surface area contributed by atoms with Crippen LogP contribution in [0.15, 0.2) is 0 Å². The van der Waals surface area contributed by atoms with E-state index in [1.807, 2.05) is 0 Å². The van der Waals surface area contributed by atoms with Crippen molar-refractivity contribution in [3.8, 4) is 0 Å². The minimum Gasteiger partial charge on any atom is -0.380 e. The van der Waals surface area contributed by atoms with E-state index in [9.17, 15) is 0 Å². The fourth-order valence-corrected chi connectivity index (χ4v) is 1.73. The molecule has 92 valence electrons. The van der Waals surface area contributed by atoms with E-state index in [2.05, 4.69) is 32.6 Å². The first-order chi connectivity index (χ1) is 7.09. The Morgan fingerprint density at radius 1 is 1.00 bits per heavy atom. The van der Waals surface area contributed by atoms with Gasteiger partial charge >= 0.3 is 0 Å². The van der Waals surface area contributed by atoms with E-state index in [1.165, 1.54) is 0 Å². The molecule has 0 aromatic carbocycles. The maximum absolute atomic E-state index is 5.57. The van der Waals surface area contributed by atoms with E-state index in [0.29, 0.717) is 12.1 Å². The summed E-state index contributed by atoms with van der Waals surface area (Å²) in [5.74, 6) is 0. The zero-order chi connectivity index (χ0) is 11.7. The molecule has 0 atom stereocenters. The summed E-state index contributed by atoms with van der Waals surface area (Å²) in [4.78, 5) is 2.45. The predicted molar refractivity (Wildman–Crippen MR) is 66.1 cm³/mol. The topological polar surface area (TPSA) is 38.5 Å². The summed E-state index contributed by atoms with van der Waals surface area (Å²) in [5, 5.41) is 0. The molecular formula is C12H28N2O. The zero-order valence-corrected chi connectivity index (χ0v) is 10.8. The van der Waals surface area contributed by atoms with E-state index in [0.717, 1.165) is 39.1 Å². The second kappa shape index (κ2) is 9.13. The number of unbranched alkanes of at least 4 members (excludes halogenated alkanes) is 1. The van der Waals surface area contributed by atoms with Crippen molar-refractivity contribution in [3.05, 3.63) is 0 Å². The van der Waals surface area contributed by atoms with Crippen LogP contribution in [0, 0.1) is 0 Å². The van der Waals surface area contributed by atoms with Crippen LogP contribution in [-0.4, -0.2) is 43.3 Å². The maximum Gasteiger partial charge on any atom is 0.0593 e. The molecule has 0 saturated heterocycles. The molecule has 0 fully saturated rings. The molecule has 0 aliphatic carbocycles. The molecule has 0 bridgehead atoms. The largest absolute Gasteiger partial charge is 0.380 e. The van der Waals surface area contributed by atoms with Gasteiger partial charge in [-0.3, -0.25) is 4.90 Å². The summed E-state index contributed by atoms with van der Waals surface area (Å²) in [6.45, 7) is 12.4. The van der Waals surface area contributed by atoms with Crippen LogP contribution in [0.1, 0.15) is 40.5 Å². The van der Waals surface area contributed by atoms with Gasteiger partial charge in [-0.1, -0.05) is 0 Å². The van der Waals surface area contributed by atoms with E-state index in [1.54, 1.807) is 0 Å². The molecule has 2 N–H and O–H groups in total. The molecule has 0 aromatic heterocycles. The van der Waals surface area contributed by atoms with Crippen LogP contribution in [0.4, 0.5) is 0 Å². The quantitative estimate of drug-likeness (QED) is 0.598. The van der Waals surface area contributed by atoms with Crippen LogP contribution in [0.3, 0.4) is 0 Å². The molecule has 3 nitrogen and oxygen atoms in total. The van der Waals surface area contributed by atoms with Crippen LogP contribution in [-0.2, 0) is 4.74 Å². The first kappa shape index (κ1) is 14.9. The first-order valence-electron chi connectivity index (χ1n) is 6.13. The summed E-state index contributed by atoms with van der Waals surface area (Å²) in [6, 6.07) is 1.19. The minimum atomic E-state index is 0.595. The molecule has 0 spiro atoms. The lowest BCUT2D eigenvalue weighted by atomic mass is 10.2. The molecule has 15 heavy (non-hydrogen) atoms. The van der Waals surface area contributed by atoms with Crippen molar-refractivity contribution in [1.82, 2.24) is 4.90 Å². The molecule has 0 aliphatic heterocycles. The van der Waals surface area contributed by atoms with Crippen LogP contribution in [0.2, 0.25) is 0 Å². The normalized spacial score (nSPS) is 12.0. The summed E-state index contributed by atoms with van der Waals surface area (Å²) < 4.78 is 5.57. The van der Waals surface area contributed by atoms with E-state index in [4.69, 9.17) is 10.5 Å². The Balaban J connectivity index is 3.46. The van der Waals surface area contributed by atoms with E-state index in [-0.39, 0.29) is 0 Å². The highest BCUT2D eigenvalue weighted by molar-refractivity contribution is 4.66. The Hall–Kier alpha value is -0.120. The minimum absolute atomic E-state index is 0.595. The predicted octanol–water partition coefficient (Wildman–Crippen LogP) is 1.86. The average molecular weight is 216 g/mol. The molecule has 0 amide bonds. The highest BCUT2D eigenvalue weighted by Crippen LogP contribution is 2.04. The lowest BCUT2D eigenvalue weighted by molar-refractivity contribution is 0.0768. The summed E-state index contributed by atoms with van der Waals surface area (Å²) in [6.07, 6.45) is 2.15. The molecule has 0 aromatic rings. The van der Waals surface area contributed by atoms with Gasteiger partial charge in [0.25, 0.3) is 0 Å². The van der Waals surface area contributed by atoms with Crippen LogP contribution >= 0.6 is 0 Å². The number of nitrogens with two attached hydrogens (primary N) is 1. The standard InChI is InChI=1S/C12H28N2O/c1-11(2)14(12(3)4)8-10-15-9-6-5-7-13/h11-12H,5-10,13H2,1-4H3. The fraction of sp³-hybridized carbons (Fsp3) is 1.00. The van der Waals surface area contributed by atoms with E-state index >= 15 is 0 Å². The van der Waals surface area contributed by atoms with Crippen molar-refractivity contribution in [1.29, 1.82) is 0 Å². The molecule has 0 radical (unpaired) electrons. The smallest absolute Gasteiger partial charge is 0.0593 e. The lowest BCUT2D eigenvalue weighted by Crippen LogP contribution is -2.39. The van der Waals surface area contributed by atoms with Crippen molar-refractivity contribution >= 4 is 0 Å². The van der Waals surface area contributed by atoms with Gasteiger partial charge in [-0.25, -0.2) is 0 Å². The van der Waals surface area contributed by atoms with Gasteiger partial charge in [0.05, 0.1) is 6.61 Å². The second-order valence-corrected chi connectivity index (χ2v) is 4.53. The number of hydrogen-bond acceptors (Lipinski definition) is 3. The summed E-state index contributed by atoms with van der Waals surface area (Å²) in [7, 11) is 0. The third-order valence-electron chi connectivity index (χ3n) is 2.56. The Labute approximate surface area is 95.0 Å². The molecular weight excluding hydrogens is 188 g/mol. The number of ether oxygens (including phenoxy) is 1. The molecule has 0 aliphatic rings. The van der Waals surface area contributed by atoms with E-state index < -0.39 is 0 Å². The number of nitrogens with zero attached hydrogens (tertiary/aromatic N) is 1. The van der Waals surface area contributed by atoms with Gasteiger partial charge in [-0.15, -0.1) is 0 Å². The van der Waals surface area contributed by atoms with Crippen LogP contribution < -0.4 is 5.73 Å². The van der Waals surface area contributed by atoms with Gasteiger partial charge in [-0.2, -0.15) is 0 Å². The first-order valence-corrected chi connectivity index (χ1v) is 6.13. The molecule has 0 rings (SSSR count). The molecule has 3 heteroatoms. The molecule has 0 unspecified atom stereocenters. The van der Waals surface area contributed by atoms with Crippen LogP contribution in [0.25, 0.3) is 0 Å². The number of hydrogen-bond donors (Lipinski definition) is 1. The van der Waals surface area contributed by atoms with Crippen molar-refractivity contribution in [2.45, 2.75) is 52.6 Å². The van der Waals surface area contributed by atoms with Gasteiger partial charge in [0, 0.05) is 25.2 Å². The van der Waals surface area contributed by atoms with Crippen LogP contribution in [0.5, 0.6) is 0 Å². The Morgan fingerprint density at radius 3 is 2.07 bits per heavy atom. The van der Waals surface area contributed by atoms with Gasteiger partial charge in [0.15, 0.2) is 0 Å². The maximum atomic E-state index is 5.57. The third kappa shape index (κ3) is 7.77. The Bertz CT molecular complexity index is 130. The summed E-state index contributed by atoms with van der Waals surface area (Å²) >= 11 is 0. The fourth-order valence-electron chi connectivity index (χ4n) is 1.73. The van der Waals surface area contributed by atoms with Crippen molar-refractivity contribution in [2.24, 2.45) is 5.73 Å². The van der Waals surface area contributed by atoms with Crippen molar-refractivity contribution in [2.75, 3.05) is 26.3 Å².